The minimum Gasteiger partial charge on any atom is -0.457 e. The van der Waals surface area contributed by atoms with Crippen molar-refractivity contribution >= 4 is 11.9 Å². The van der Waals surface area contributed by atoms with Crippen molar-refractivity contribution in [1.29, 1.82) is 0 Å². The first kappa shape index (κ1) is 64.8. The van der Waals surface area contributed by atoms with E-state index in [1.54, 1.807) is 0 Å². The summed E-state index contributed by atoms with van der Waals surface area (Å²) in [6.07, 6.45) is 36.9. The number of nitrogens with zero attached hydrogens (tertiary/aromatic N) is 1. The quantitative estimate of drug-likeness (QED) is 0.0340. The summed E-state index contributed by atoms with van der Waals surface area (Å²) in [4.78, 5) is 28.3. The van der Waals surface area contributed by atoms with E-state index >= 15 is 0 Å². The molecule has 11 nitrogen and oxygen atoms in total. The van der Waals surface area contributed by atoms with Crippen LogP contribution < -0.4 is 0 Å². The number of hydrogen-bond donors (Lipinski definition) is 4. The van der Waals surface area contributed by atoms with E-state index in [1.807, 2.05) is 0 Å². The lowest BCUT2D eigenvalue weighted by Gasteiger charge is -2.27. The number of aliphatic hydroxyl groups excluding tert-OH is 4. The Labute approximate surface area is 430 Å². The maximum atomic E-state index is 13.1. The van der Waals surface area contributed by atoms with Crippen molar-refractivity contribution in [3.05, 3.63) is 0 Å². The van der Waals surface area contributed by atoms with Gasteiger partial charge in [-0.1, -0.05) is 207 Å². The molecular weight excluding hydrogens is 883 g/mol. The van der Waals surface area contributed by atoms with Crippen LogP contribution in [0, 0.1) is 5.92 Å². The Morgan fingerprint density at radius 1 is 0.429 bits per heavy atom. The summed E-state index contributed by atoms with van der Waals surface area (Å²) in [5.74, 6) is -0.196. The van der Waals surface area contributed by atoms with Gasteiger partial charge >= 0.3 is 11.9 Å². The fourth-order valence-electron chi connectivity index (χ4n) is 10.7. The molecule has 0 aromatic rings. The van der Waals surface area contributed by atoms with Crippen molar-refractivity contribution < 1.29 is 49.0 Å². The first-order valence-electron chi connectivity index (χ1n) is 30.2. The molecule has 0 radical (unpaired) electrons. The molecule has 4 N–H and O–H groups in total. The number of rotatable bonds is 50. The fraction of sp³-hybridized carbons (Fsp3) is 0.966. The van der Waals surface area contributed by atoms with Gasteiger partial charge in [0.2, 0.25) is 0 Å². The maximum Gasteiger partial charge on any atom is 0.306 e. The van der Waals surface area contributed by atoms with E-state index in [-0.39, 0.29) is 43.8 Å². The smallest absolute Gasteiger partial charge is 0.306 e. The number of fused-ring (bicyclic) bond motifs is 1. The van der Waals surface area contributed by atoms with Crippen LogP contribution in [-0.2, 0) is 28.5 Å². The van der Waals surface area contributed by atoms with Crippen LogP contribution >= 0.6 is 0 Å². The normalized spacial score (nSPS) is 20.1. The minimum absolute atomic E-state index is 0.206. The third-order valence-electron chi connectivity index (χ3n) is 15.1. The van der Waals surface area contributed by atoms with E-state index in [2.05, 4.69) is 32.6 Å². The summed E-state index contributed by atoms with van der Waals surface area (Å²) in [6, 6.07) is 0. The molecule has 2 rings (SSSR count). The van der Waals surface area contributed by atoms with Crippen LogP contribution in [0.4, 0.5) is 0 Å². The molecule has 0 bridgehead atoms. The Morgan fingerprint density at radius 2 is 0.771 bits per heavy atom. The van der Waals surface area contributed by atoms with Gasteiger partial charge in [0.1, 0.15) is 12.2 Å². The van der Waals surface area contributed by atoms with E-state index in [0.29, 0.717) is 44.8 Å². The summed E-state index contributed by atoms with van der Waals surface area (Å²) < 4.78 is 23.8. The Kier molecular flexibility index (Phi) is 40.7. The summed E-state index contributed by atoms with van der Waals surface area (Å²) in [5.41, 5.74) is 0. The first-order chi connectivity index (χ1) is 34.1. The number of carbonyl (C=O) groups is 2. The fourth-order valence-corrected chi connectivity index (χ4v) is 10.7. The molecule has 0 aromatic carbocycles. The first-order valence-corrected chi connectivity index (χ1v) is 30.2. The molecule has 0 aliphatic carbocycles. The standard InChI is InChI=1S/C59H113NO10/c1-5-9-13-17-21-25-36-50(61)40-33-35-49(44-51(62)37-26-22-18-14-10-6-2)34-29-30-41-56(65)69-54-47-67-59-55(48-68-58(54)59)70-57(66)42-31-32-43-60(45-52(63)38-27-23-19-15-11-7-3)46-53(64)39-28-24-20-16-12-8-4/h49-55,58-59,61-64H,5-48H2,1-4H3/t49?,50?,51?,52?,53?,54-,55+,58-,59-/m1/s1. The van der Waals surface area contributed by atoms with E-state index in [1.165, 1.54) is 116 Å². The van der Waals surface area contributed by atoms with Crippen LogP contribution in [0.2, 0.25) is 0 Å². The summed E-state index contributed by atoms with van der Waals surface area (Å²) >= 11 is 0. The lowest BCUT2D eigenvalue weighted by Crippen LogP contribution is -2.38. The highest BCUT2D eigenvalue weighted by atomic mass is 16.7. The van der Waals surface area contributed by atoms with Crippen molar-refractivity contribution in [3.63, 3.8) is 0 Å². The zero-order valence-corrected chi connectivity index (χ0v) is 46.0. The van der Waals surface area contributed by atoms with Gasteiger partial charge in [0, 0.05) is 25.9 Å². The summed E-state index contributed by atoms with van der Waals surface area (Å²) in [7, 11) is 0. The highest BCUT2D eigenvalue weighted by molar-refractivity contribution is 5.70. The summed E-state index contributed by atoms with van der Waals surface area (Å²) in [6.45, 7) is 11.1. The molecule has 11 heteroatoms. The van der Waals surface area contributed by atoms with E-state index in [9.17, 15) is 30.0 Å². The molecule has 5 unspecified atom stereocenters. The second-order valence-corrected chi connectivity index (χ2v) is 22.0. The number of carbonyl (C=O) groups excluding carboxylic acids is 2. The highest BCUT2D eigenvalue weighted by Crippen LogP contribution is 2.32. The van der Waals surface area contributed by atoms with Crippen LogP contribution in [0.5, 0.6) is 0 Å². The lowest BCUT2D eigenvalue weighted by molar-refractivity contribution is -0.155. The van der Waals surface area contributed by atoms with Gasteiger partial charge in [0.15, 0.2) is 12.2 Å². The molecule has 0 saturated carbocycles. The molecule has 2 heterocycles. The van der Waals surface area contributed by atoms with Crippen LogP contribution in [0.3, 0.4) is 0 Å². The number of esters is 2. The van der Waals surface area contributed by atoms with Gasteiger partial charge in [-0.25, -0.2) is 0 Å². The lowest BCUT2D eigenvalue weighted by atomic mass is 9.88. The van der Waals surface area contributed by atoms with Gasteiger partial charge in [-0.2, -0.15) is 0 Å². The molecule has 2 aliphatic heterocycles. The second kappa shape index (κ2) is 44.0. The molecule has 70 heavy (non-hydrogen) atoms. The van der Waals surface area contributed by atoms with Crippen LogP contribution in [0.25, 0.3) is 0 Å². The zero-order valence-electron chi connectivity index (χ0n) is 46.0. The molecule has 414 valence electrons. The van der Waals surface area contributed by atoms with Gasteiger partial charge in [-0.05, 0) is 70.3 Å². The predicted molar refractivity (Wildman–Crippen MR) is 286 cm³/mol. The number of ether oxygens (including phenoxy) is 4. The van der Waals surface area contributed by atoms with Crippen molar-refractivity contribution in [1.82, 2.24) is 4.90 Å². The van der Waals surface area contributed by atoms with Crippen molar-refractivity contribution in [2.75, 3.05) is 32.8 Å². The molecular formula is C59H113NO10. The molecule has 2 saturated heterocycles. The van der Waals surface area contributed by atoms with E-state index in [4.69, 9.17) is 18.9 Å². The van der Waals surface area contributed by atoms with Crippen molar-refractivity contribution in [2.45, 2.75) is 327 Å². The number of aliphatic hydroxyl groups is 4. The average molecular weight is 997 g/mol. The Bertz CT molecular complexity index is 1190. The Hall–Kier alpha value is -1.34. The Morgan fingerprint density at radius 3 is 1.21 bits per heavy atom. The predicted octanol–water partition coefficient (Wildman–Crippen LogP) is 13.3. The third kappa shape index (κ3) is 33.5. The number of unbranched alkanes of at least 4 members (excludes halogenated alkanes) is 22. The summed E-state index contributed by atoms with van der Waals surface area (Å²) in [5, 5.41) is 43.5. The monoisotopic (exact) mass is 996 g/mol. The molecule has 0 amide bonds. The molecule has 2 fully saturated rings. The van der Waals surface area contributed by atoms with Crippen molar-refractivity contribution in [3.8, 4) is 0 Å². The highest BCUT2D eigenvalue weighted by Gasteiger charge is 2.51. The second-order valence-electron chi connectivity index (χ2n) is 22.0. The van der Waals surface area contributed by atoms with E-state index < -0.39 is 36.6 Å². The minimum atomic E-state index is -0.544. The molecule has 2 aliphatic rings. The van der Waals surface area contributed by atoms with Crippen molar-refractivity contribution in [2.24, 2.45) is 5.92 Å². The van der Waals surface area contributed by atoms with Gasteiger partial charge < -0.3 is 39.4 Å². The van der Waals surface area contributed by atoms with Gasteiger partial charge in [0.05, 0.1) is 37.6 Å². The van der Waals surface area contributed by atoms with Gasteiger partial charge in [0.25, 0.3) is 0 Å². The maximum absolute atomic E-state index is 13.1. The van der Waals surface area contributed by atoms with Gasteiger partial charge in [-0.3, -0.25) is 14.5 Å². The third-order valence-corrected chi connectivity index (χ3v) is 15.1. The zero-order chi connectivity index (χ0) is 50.9. The van der Waals surface area contributed by atoms with Crippen LogP contribution in [-0.4, -0.2) is 119 Å². The Balaban J connectivity index is 1.75. The largest absolute Gasteiger partial charge is 0.457 e. The van der Waals surface area contributed by atoms with Gasteiger partial charge in [-0.15, -0.1) is 0 Å². The topological polar surface area (TPSA) is 155 Å². The van der Waals surface area contributed by atoms with E-state index in [0.717, 1.165) is 109 Å². The molecule has 0 aromatic heterocycles. The van der Waals surface area contributed by atoms with Crippen LogP contribution in [0.15, 0.2) is 0 Å². The molecule has 9 atom stereocenters. The molecule has 0 spiro atoms. The average Bonchev–Trinajstić information content (AvgIpc) is 3.93. The van der Waals surface area contributed by atoms with Crippen LogP contribution in [0.1, 0.15) is 278 Å². The SMILES string of the molecule is CCCCCCCCC(O)CCCC(CCCCC(=O)O[C@@H]1CO[C@H]2[C@@H]1OC[C@@H]2OC(=O)CCCCN(CC(O)CCCCCCCC)CC(O)CCCCCCCC)CC(O)CCCCCCCC. The number of hydrogen-bond acceptors (Lipinski definition) is 11.